The van der Waals surface area contributed by atoms with E-state index in [2.05, 4.69) is 15.0 Å². The van der Waals surface area contributed by atoms with Gasteiger partial charge >= 0.3 is 0 Å². The number of aromatic amines is 1. The van der Waals surface area contributed by atoms with E-state index in [1.807, 2.05) is 45.0 Å². The molecule has 0 aliphatic heterocycles. The number of rotatable bonds is 4. The van der Waals surface area contributed by atoms with Crippen LogP contribution in [0.3, 0.4) is 0 Å². The predicted molar refractivity (Wildman–Crippen MR) is 100 cm³/mol. The summed E-state index contributed by atoms with van der Waals surface area (Å²) >= 11 is 7.38. The minimum atomic E-state index is -0.188. The summed E-state index contributed by atoms with van der Waals surface area (Å²) in [5.74, 6) is 1.68. The average Bonchev–Trinajstić information content (AvgIpc) is 3.01. The lowest BCUT2D eigenvalue weighted by Crippen LogP contribution is -2.19. The highest BCUT2D eigenvalue weighted by molar-refractivity contribution is 7.98. The van der Waals surface area contributed by atoms with Crippen molar-refractivity contribution in [2.75, 3.05) is 0 Å². The highest BCUT2D eigenvalue weighted by atomic mass is 35.5. The van der Waals surface area contributed by atoms with E-state index in [1.165, 1.54) is 17.8 Å². The Labute approximate surface area is 154 Å². The summed E-state index contributed by atoms with van der Waals surface area (Å²) in [7, 11) is 0. The highest BCUT2D eigenvalue weighted by Crippen LogP contribution is 2.26. The number of benzene rings is 1. The fraction of sp³-hybridized carbons (Fsp3) is 0.278. The van der Waals surface area contributed by atoms with Gasteiger partial charge in [0.15, 0.2) is 10.9 Å². The fourth-order valence-corrected chi connectivity index (χ4v) is 3.09. The van der Waals surface area contributed by atoms with Crippen LogP contribution in [0.1, 0.15) is 32.4 Å². The van der Waals surface area contributed by atoms with E-state index in [1.54, 1.807) is 6.20 Å². The van der Waals surface area contributed by atoms with Crippen molar-refractivity contribution in [3.05, 3.63) is 63.5 Å². The van der Waals surface area contributed by atoms with Crippen LogP contribution in [0.2, 0.25) is 5.02 Å². The molecular weight excluding hydrogens is 358 g/mol. The Bertz CT molecular complexity index is 944. The predicted octanol–water partition coefficient (Wildman–Crippen LogP) is 4.67. The Balaban J connectivity index is 1.75. The number of halogens is 1. The molecule has 0 bridgehead atoms. The Kier molecular flexibility index (Phi) is 5.01. The van der Waals surface area contributed by atoms with Gasteiger partial charge < -0.3 is 9.40 Å². The maximum absolute atomic E-state index is 11.8. The minimum Gasteiger partial charge on any atom is -0.440 e. The molecule has 3 rings (SSSR count). The van der Waals surface area contributed by atoms with E-state index in [9.17, 15) is 4.79 Å². The zero-order chi connectivity index (χ0) is 18.0. The molecule has 0 unspecified atom stereocenters. The molecule has 25 heavy (non-hydrogen) atoms. The van der Waals surface area contributed by atoms with Gasteiger partial charge in [-0.1, -0.05) is 56.3 Å². The summed E-state index contributed by atoms with van der Waals surface area (Å²) < 4.78 is 5.76. The van der Waals surface area contributed by atoms with Crippen molar-refractivity contribution in [1.29, 1.82) is 0 Å². The smallest absolute Gasteiger partial charge is 0.251 e. The maximum Gasteiger partial charge on any atom is 0.251 e. The molecule has 130 valence electrons. The molecule has 3 aromatic rings. The molecular formula is C18H18ClN3O2S. The number of nitrogens with one attached hydrogen (secondary N) is 1. The molecule has 0 saturated heterocycles. The maximum atomic E-state index is 11.8. The Morgan fingerprint density at radius 2 is 2.08 bits per heavy atom. The molecule has 1 N–H and O–H groups in total. The second-order valence-electron chi connectivity index (χ2n) is 6.60. The SMILES string of the molecule is CC(C)(C)c1cc(=O)[nH]c(SCc2ncc(-c3cccc(Cl)c3)o2)n1. The molecule has 1 aromatic carbocycles. The van der Waals surface area contributed by atoms with E-state index in [0.717, 1.165) is 11.3 Å². The van der Waals surface area contributed by atoms with Crippen molar-refractivity contribution in [1.82, 2.24) is 15.0 Å². The van der Waals surface area contributed by atoms with E-state index in [-0.39, 0.29) is 11.0 Å². The lowest BCUT2D eigenvalue weighted by molar-refractivity contribution is 0.529. The van der Waals surface area contributed by atoms with Gasteiger partial charge in [-0.3, -0.25) is 4.79 Å². The molecule has 0 radical (unpaired) electrons. The van der Waals surface area contributed by atoms with Crippen LogP contribution >= 0.6 is 23.4 Å². The molecule has 0 amide bonds. The third kappa shape index (κ3) is 4.52. The molecule has 0 saturated carbocycles. The van der Waals surface area contributed by atoms with Gasteiger partial charge in [0.05, 0.1) is 17.6 Å². The number of hydrogen-bond donors (Lipinski definition) is 1. The van der Waals surface area contributed by atoms with Gasteiger partial charge in [0.1, 0.15) is 0 Å². The molecule has 5 nitrogen and oxygen atoms in total. The summed E-state index contributed by atoms with van der Waals surface area (Å²) in [6.07, 6.45) is 1.67. The zero-order valence-electron chi connectivity index (χ0n) is 14.2. The second-order valence-corrected chi connectivity index (χ2v) is 8.00. The topological polar surface area (TPSA) is 71.8 Å². The Hall–Kier alpha value is -2.05. The molecule has 2 heterocycles. The van der Waals surface area contributed by atoms with Crippen LogP contribution in [0.25, 0.3) is 11.3 Å². The first kappa shape index (κ1) is 17.8. The van der Waals surface area contributed by atoms with Crippen LogP contribution < -0.4 is 5.56 Å². The van der Waals surface area contributed by atoms with Crippen molar-refractivity contribution in [2.45, 2.75) is 37.1 Å². The Morgan fingerprint density at radius 3 is 2.80 bits per heavy atom. The van der Waals surface area contributed by atoms with Crippen molar-refractivity contribution < 1.29 is 4.42 Å². The molecule has 0 aliphatic carbocycles. The quantitative estimate of drug-likeness (QED) is 0.530. The third-order valence-corrected chi connectivity index (χ3v) is 4.58. The fourth-order valence-electron chi connectivity index (χ4n) is 2.17. The summed E-state index contributed by atoms with van der Waals surface area (Å²) in [5, 5.41) is 1.20. The third-order valence-electron chi connectivity index (χ3n) is 3.48. The lowest BCUT2D eigenvalue weighted by atomic mass is 9.92. The van der Waals surface area contributed by atoms with Gasteiger partial charge in [0.2, 0.25) is 5.89 Å². The van der Waals surface area contributed by atoms with Gasteiger partial charge in [-0.15, -0.1) is 0 Å². The van der Waals surface area contributed by atoms with Gasteiger partial charge in [-0.25, -0.2) is 9.97 Å². The first-order valence-corrected chi connectivity index (χ1v) is 9.13. The van der Waals surface area contributed by atoms with Gasteiger partial charge in [-0.05, 0) is 12.1 Å². The van der Waals surface area contributed by atoms with Crippen LogP contribution in [0.5, 0.6) is 0 Å². The summed E-state index contributed by atoms with van der Waals surface area (Å²) in [5.41, 5.74) is 1.28. The lowest BCUT2D eigenvalue weighted by Gasteiger charge is -2.17. The van der Waals surface area contributed by atoms with Crippen molar-refractivity contribution in [2.24, 2.45) is 0 Å². The normalized spacial score (nSPS) is 11.7. The van der Waals surface area contributed by atoms with Crippen LogP contribution in [0, 0.1) is 0 Å². The highest BCUT2D eigenvalue weighted by Gasteiger charge is 2.17. The van der Waals surface area contributed by atoms with Crippen molar-refractivity contribution in [3.63, 3.8) is 0 Å². The van der Waals surface area contributed by atoms with E-state index < -0.39 is 0 Å². The van der Waals surface area contributed by atoms with Crippen molar-refractivity contribution in [3.8, 4) is 11.3 Å². The summed E-state index contributed by atoms with van der Waals surface area (Å²) in [4.78, 5) is 23.4. The molecule has 0 spiro atoms. The zero-order valence-corrected chi connectivity index (χ0v) is 15.7. The van der Waals surface area contributed by atoms with Gasteiger partial charge in [0.25, 0.3) is 5.56 Å². The summed E-state index contributed by atoms with van der Waals surface area (Å²) in [6, 6.07) is 8.94. The molecule has 0 fully saturated rings. The second kappa shape index (κ2) is 7.06. The minimum absolute atomic E-state index is 0.158. The van der Waals surface area contributed by atoms with Crippen LogP contribution in [0.15, 0.2) is 50.9 Å². The number of aromatic nitrogens is 3. The van der Waals surface area contributed by atoms with Crippen LogP contribution in [-0.4, -0.2) is 15.0 Å². The first-order valence-electron chi connectivity index (χ1n) is 7.76. The number of hydrogen-bond acceptors (Lipinski definition) is 5. The van der Waals surface area contributed by atoms with Crippen LogP contribution in [0.4, 0.5) is 0 Å². The molecule has 2 aromatic heterocycles. The Morgan fingerprint density at radius 1 is 1.28 bits per heavy atom. The summed E-state index contributed by atoms with van der Waals surface area (Å²) in [6.45, 7) is 6.07. The molecule has 0 aliphatic rings. The average molecular weight is 376 g/mol. The van der Waals surface area contributed by atoms with E-state index >= 15 is 0 Å². The van der Waals surface area contributed by atoms with E-state index in [0.29, 0.717) is 27.6 Å². The molecule has 7 heteroatoms. The first-order chi connectivity index (χ1) is 11.8. The standard InChI is InChI=1S/C18H18ClN3O2S/c1-18(2,3)14-8-15(23)22-17(21-14)25-10-16-20-9-13(24-16)11-5-4-6-12(19)7-11/h4-9H,10H2,1-3H3,(H,21,22,23). The van der Waals surface area contributed by atoms with E-state index in [4.69, 9.17) is 16.0 Å². The largest absolute Gasteiger partial charge is 0.440 e. The number of thioether (sulfide) groups is 1. The van der Waals surface area contributed by atoms with Crippen LogP contribution in [-0.2, 0) is 11.2 Å². The number of H-pyrrole nitrogens is 1. The molecule has 0 atom stereocenters. The number of nitrogens with zero attached hydrogens (tertiary/aromatic N) is 2. The number of oxazole rings is 1. The van der Waals surface area contributed by atoms with Crippen molar-refractivity contribution >= 4 is 23.4 Å². The van der Waals surface area contributed by atoms with Gasteiger partial charge in [-0.2, -0.15) is 0 Å². The monoisotopic (exact) mass is 375 g/mol. The van der Waals surface area contributed by atoms with Gasteiger partial charge in [0, 0.05) is 22.1 Å².